The molecular weight excluding hydrogens is 264 g/mol. The van der Waals surface area contributed by atoms with Gasteiger partial charge in [0.1, 0.15) is 0 Å². The number of aromatic nitrogens is 1. The average Bonchev–Trinajstić information content (AvgIpc) is 2.42. The second kappa shape index (κ2) is 6.20. The standard InChI is InChI=1S/C12H16N4O4/c13-4-1-5-16(12(18)19)6-8-2-3-9-11(14-8)15-10(17)7-20-9/h2-3H,1,4-7,13H2,(H,18,19)(H,14,15,17). The quantitative estimate of drug-likeness (QED) is 0.711. The summed E-state index contributed by atoms with van der Waals surface area (Å²) in [7, 11) is 0. The number of nitrogens with one attached hydrogen (secondary N) is 1. The Labute approximate surface area is 115 Å². The Balaban J connectivity index is 2.10. The Kier molecular flexibility index (Phi) is 4.36. The van der Waals surface area contributed by atoms with Crippen molar-refractivity contribution in [2.75, 3.05) is 25.0 Å². The predicted octanol–water partition coefficient (Wildman–Crippen LogP) is 0.241. The fourth-order valence-corrected chi connectivity index (χ4v) is 1.81. The van der Waals surface area contributed by atoms with Crippen LogP contribution in [0.2, 0.25) is 0 Å². The van der Waals surface area contributed by atoms with Gasteiger partial charge < -0.3 is 25.8 Å². The highest BCUT2D eigenvalue weighted by molar-refractivity contribution is 5.94. The van der Waals surface area contributed by atoms with Crippen molar-refractivity contribution in [1.82, 2.24) is 9.88 Å². The molecule has 1 aromatic rings. The summed E-state index contributed by atoms with van der Waals surface area (Å²) in [5, 5.41) is 11.7. The first-order valence-corrected chi connectivity index (χ1v) is 6.20. The van der Waals surface area contributed by atoms with E-state index in [0.717, 1.165) is 0 Å². The largest absolute Gasteiger partial charge is 0.480 e. The van der Waals surface area contributed by atoms with E-state index >= 15 is 0 Å². The molecule has 2 amide bonds. The molecule has 0 saturated heterocycles. The minimum atomic E-state index is -1.03. The minimum absolute atomic E-state index is 0.0359. The lowest BCUT2D eigenvalue weighted by Crippen LogP contribution is -2.32. The molecule has 108 valence electrons. The van der Waals surface area contributed by atoms with Crippen LogP contribution in [0.5, 0.6) is 5.75 Å². The number of fused-ring (bicyclic) bond motifs is 1. The van der Waals surface area contributed by atoms with E-state index in [1.165, 1.54) is 4.90 Å². The first-order chi connectivity index (χ1) is 9.60. The highest BCUT2D eigenvalue weighted by Gasteiger charge is 2.19. The van der Waals surface area contributed by atoms with Crippen molar-refractivity contribution in [2.45, 2.75) is 13.0 Å². The van der Waals surface area contributed by atoms with Gasteiger partial charge in [0.2, 0.25) is 0 Å². The molecule has 0 saturated carbocycles. The number of carboxylic acid groups (broad SMARTS) is 1. The van der Waals surface area contributed by atoms with Gasteiger partial charge in [-0.05, 0) is 25.1 Å². The number of hydrogen-bond donors (Lipinski definition) is 3. The lowest BCUT2D eigenvalue weighted by atomic mass is 10.3. The summed E-state index contributed by atoms with van der Waals surface area (Å²) < 4.78 is 5.19. The first-order valence-electron chi connectivity index (χ1n) is 6.20. The maximum atomic E-state index is 11.2. The third-order valence-electron chi connectivity index (χ3n) is 2.79. The Hall–Kier alpha value is -2.35. The van der Waals surface area contributed by atoms with E-state index in [2.05, 4.69) is 10.3 Å². The predicted molar refractivity (Wildman–Crippen MR) is 70.5 cm³/mol. The number of pyridine rings is 1. The van der Waals surface area contributed by atoms with E-state index < -0.39 is 6.09 Å². The zero-order valence-corrected chi connectivity index (χ0v) is 10.8. The Morgan fingerprint density at radius 2 is 2.35 bits per heavy atom. The van der Waals surface area contributed by atoms with Gasteiger partial charge in [-0.15, -0.1) is 0 Å². The summed E-state index contributed by atoms with van der Waals surface area (Å²) >= 11 is 0. The van der Waals surface area contributed by atoms with Crippen molar-refractivity contribution in [3.8, 4) is 5.75 Å². The molecule has 8 nitrogen and oxygen atoms in total. The molecular formula is C12H16N4O4. The smallest absolute Gasteiger partial charge is 0.407 e. The van der Waals surface area contributed by atoms with Crippen molar-refractivity contribution in [1.29, 1.82) is 0 Å². The van der Waals surface area contributed by atoms with Crippen LogP contribution in [0.25, 0.3) is 0 Å². The van der Waals surface area contributed by atoms with Crippen molar-refractivity contribution >= 4 is 17.8 Å². The van der Waals surface area contributed by atoms with Crippen molar-refractivity contribution in [2.24, 2.45) is 5.73 Å². The molecule has 0 aromatic carbocycles. The Morgan fingerprint density at radius 3 is 3.05 bits per heavy atom. The molecule has 8 heteroatoms. The summed E-state index contributed by atoms with van der Waals surface area (Å²) in [5.74, 6) is 0.528. The molecule has 2 rings (SSSR count). The van der Waals surface area contributed by atoms with Crippen LogP contribution in [0.3, 0.4) is 0 Å². The van der Waals surface area contributed by atoms with Gasteiger partial charge >= 0.3 is 6.09 Å². The number of nitrogens with two attached hydrogens (primary N) is 1. The third-order valence-corrected chi connectivity index (χ3v) is 2.79. The Morgan fingerprint density at radius 1 is 1.55 bits per heavy atom. The number of hydrogen-bond acceptors (Lipinski definition) is 5. The number of nitrogens with zero attached hydrogens (tertiary/aromatic N) is 2. The number of anilines is 1. The molecule has 1 aliphatic heterocycles. The maximum Gasteiger partial charge on any atom is 0.407 e. The van der Waals surface area contributed by atoms with E-state index in [4.69, 9.17) is 15.6 Å². The highest BCUT2D eigenvalue weighted by Crippen LogP contribution is 2.25. The zero-order valence-electron chi connectivity index (χ0n) is 10.8. The van der Waals surface area contributed by atoms with Gasteiger partial charge in [-0.3, -0.25) is 4.79 Å². The van der Waals surface area contributed by atoms with Crippen molar-refractivity contribution < 1.29 is 19.4 Å². The lowest BCUT2D eigenvalue weighted by molar-refractivity contribution is -0.118. The second-order valence-electron chi connectivity index (χ2n) is 4.33. The number of ether oxygens (including phenoxy) is 1. The second-order valence-corrected chi connectivity index (χ2v) is 4.33. The molecule has 1 aromatic heterocycles. The fraction of sp³-hybridized carbons (Fsp3) is 0.417. The molecule has 1 aliphatic rings. The van der Waals surface area contributed by atoms with Gasteiger partial charge in [0.15, 0.2) is 18.2 Å². The summed E-state index contributed by atoms with van der Waals surface area (Å²) in [4.78, 5) is 27.8. The van der Waals surface area contributed by atoms with E-state index in [9.17, 15) is 9.59 Å². The highest BCUT2D eigenvalue weighted by atomic mass is 16.5. The summed E-state index contributed by atoms with van der Waals surface area (Å²) in [5.41, 5.74) is 5.91. The van der Waals surface area contributed by atoms with Gasteiger partial charge in [0.05, 0.1) is 12.2 Å². The molecule has 20 heavy (non-hydrogen) atoms. The maximum absolute atomic E-state index is 11.2. The van der Waals surface area contributed by atoms with E-state index in [-0.39, 0.29) is 19.1 Å². The number of amides is 2. The van der Waals surface area contributed by atoms with Gasteiger partial charge in [0, 0.05) is 6.54 Å². The Bertz CT molecular complexity index is 520. The molecule has 0 bridgehead atoms. The number of rotatable bonds is 5. The average molecular weight is 280 g/mol. The van der Waals surface area contributed by atoms with Crippen LogP contribution >= 0.6 is 0 Å². The van der Waals surface area contributed by atoms with Gasteiger partial charge in [-0.25, -0.2) is 9.78 Å². The van der Waals surface area contributed by atoms with Gasteiger partial charge in [0.25, 0.3) is 5.91 Å². The molecule has 0 spiro atoms. The molecule has 0 fully saturated rings. The number of carbonyl (C=O) groups is 2. The van der Waals surface area contributed by atoms with Crippen LogP contribution in [0.4, 0.5) is 10.6 Å². The van der Waals surface area contributed by atoms with E-state index in [1.807, 2.05) is 0 Å². The topological polar surface area (TPSA) is 118 Å². The number of carbonyl (C=O) groups excluding carboxylic acids is 1. The lowest BCUT2D eigenvalue weighted by Gasteiger charge is -2.21. The molecule has 0 unspecified atom stereocenters. The molecule has 0 atom stereocenters. The summed E-state index contributed by atoms with van der Waals surface area (Å²) in [6, 6.07) is 3.34. The molecule has 0 radical (unpaired) electrons. The van der Waals surface area contributed by atoms with Crippen LogP contribution in [-0.2, 0) is 11.3 Å². The monoisotopic (exact) mass is 280 g/mol. The molecule has 0 aliphatic carbocycles. The molecule has 2 heterocycles. The minimum Gasteiger partial charge on any atom is -0.480 e. The first kappa shape index (κ1) is 14.1. The van der Waals surface area contributed by atoms with Crippen LogP contribution in [0, 0.1) is 0 Å². The summed E-state index contributed by atoms with van der Waals surface area (Å²) in [6.07, 6.45) is -0.449. The SMILES string of the molecule is NCCCN(Cc1ccc2c(n1)NC(=O)CO2)C(=O)O. The van der Waals surface area contributed by atoms with Crippen molar-refractivity contribution in [3.63, 3.8) is 0 Å². The normalized spacial score (nSPS) is 13.2. The van der Waals surface area contributed by atoms with Crippen LogP contribution in [0.1, 0.15) is 12.1 Å². The third kappa shape index (κ3) is 3.35. The van der Waals surface area contributed by atoms with E-state index in [1.54, 1.807) is 12.1 Å². The van der Waals surface area contributed by atoms with Crippen molar-refractivity contribution in [3.05, 3.63) is 17.8 Å². The van der Waals surface area contributed by atoms with Crippen LogP contribution in [-0.4, -0.2) is 46.7 Å². The van der Waals surface area contributed by atoms with Gasteiger partial charge in [-0.1, -0.05) is 0 Å². The van der Waals surface area contributed by atoms with Gasteiger partial charge in [-0.2, -0.15) is 0 Å². The summed E-state index contributed by atoms with van der Waals surface area (Å²) in [6.45, 7) is 0.864. The van der Waals surface area contributed by atoms with Crippen LogP contribution < -0.4 is 15.8 Å². The van der Waals surface area contributed by atoms with Crippen LogP contribution in [0.15, 0.2) is 12.1 Å². The molecule has 4 N–H and O–H groups in total. The fourth-order valence-electron chi connectivity index (χ4n) is 1.81. The van der Waals surface area contributed by atoms with E-state index in [0.29, 0.717) is 36.8 Å². The zero-order chi connectivity index (χ0) is 14.5.